The maximum atomic E-state index is 4.02. The van der Waals surface area contributed by atoms with E-state index in [1.807, 2.05) is 0 Å². The first kappa shape index (κ1) is 14.8. The number of allylic oxidation sites excluding steroid dienone is 2. The lowest BCUT2D eigenvalue weighted by Gasteiger charge is -2.46. The molecule has 0 N–H and O–H groups in total. The van der Waals surface area contributed by atoms with Gasteiger partial charge in [0.15, 0.2) is 0 Å². The van der Waals surface area contributed by atoms with Crippen molar-refractivity contribution in [1.29, 1.82) is 0 Å². The molecule has 0 unspecified atom stereocenters. The Kier molecular flexibility index (Phi) is 4.89. The summed E-state index contributed by atoms with van der Waals surface area (Å²) in [5, 5.41) is 0. The Morgan fingerprint density at radius 1 is 1.26 bits per heavy atom. The fourth-order valence-corrected chi connectivity index (χ4v) is 4.51. The summed E-state index contributed by atoms with van der Waals surface area (Å²) < 4.78 is 1.32. The van der Waals surface area contributed by atoms with E-state index < -0.39 is 0 Å². The van der Waals surface area contributed by atoms with E-state index in [-0.39, 0.29) is 0 Å². The number of likely N-dealkylation sites (tertiary alicyclic amines) is 1. The molecule has 0 aromatic carbocycles. The first-order valence-corrected chi connectivity index (χ1v) is 8.19. The van der Waals surface area contributed by atoms with Crippen LogP contribution in [0.2, 0.25) is 0 Å². The van der Waals surface area contributed by atoms with Gasteiger partial charge in [0.2, 0.25) is 0 Å². The average Bonchev–Trinajstić information content (AvgIpc) is 2.35. The van der Waals surface area contributed by atoms with Gasteiger partial charge in [-0.1, -0.05) is 32.1 Å². The number of nitrogens with zero attached hydrogens (tertiary/aromatic N) is 1. The van der Waals surface area contributed by atoms with E-state index in [1.54, 1.807) is 5.57 Å². The molecule has 0 bridgehead atoms. The average molecular weight is 262 g/mol. The Balaban J connectivity index is 2.10. The van der Waals surface area contributed by atoms with Crippen LogP contribution in [0, 0.1) is 17.8 Å². The molecule has 0 radical (unpaired) electrons. The van der Waals surface area contributed by atoms with Crippen molar-refractivity contribution in [2.45, 2.75) is 46.5 Å². The Labute approximate surface area is 120 Å². The summed E-state index contributed by atoms with van der Waals surface area (Å²) in [6.07, 6.45) is 10.3. The van der Waals surface area contributed by atoms with Crippen LogP contribution in [0.4, 0.5) is 0 Å². The van der Waals surface area contributed by atoms with Gasteiger partial charge in [-0.05, 0) is 50.5 Å². The lowest BCUT2D eigenvalue weighted by atomic mass is 9.74. The fourth-order valence-electron chi connectivity index (χ4n) is 4.51. The molecule has 0 amide bonds. The van der Waals surface area contributed by atoms with Crippen LogP contribution in [0.3, 0.4) is 0 Å². The van der Waals surface area contributed by atoms with Gasteiger partial charge in [-0.15, -0.1) is 0 Å². The monoisotopic (exact) mass is 262 g/mol. The van der Waals surface area contributed by atoms with E-state index in [0.717, 1.165) is 17.8 Å². The molecule has 0 spiro atoms. The van der Waals surface area contributed by atoms with E-state index in [4.69, 9.17) is 0 Å². The molecule has 2 aliphatic rings. The molecule has 19 heavy (non-hydrogen) atoms. The number of hydrogen-bond donors (Lipinski definition) is 0. The lowest BCUT2D eigenvalue weighted by molar-refractivity contribution is -0.931. The van der Waals surface area contributed by atoms with Crippen LogP contribution in [-0.2, 0) is 0 Å². The normalized spacial score (nSPS) is 34.7. The van der Waals surface area contributed by atoms with Crippen LogP contribution >= 0.6 is 0 Å². The number of quaternary nitrogens is 1. The molecule has 108 valence electrons. The van der Waals surface area contributed by atoms with Crippen molar-refractivity contribution in [3.8, 4) is 0 Å². The Morgan fingerprint density at radius 3 is 2.53 bits per heavy atom. The van der Waals surface area contributed by atoms with E-state index >= 15 is 0 Å². The zero-order chi connectivity index (χ0) is 13.9. The van der Waals surface area contributed by atoms with Crippen molar-refractivity contribution >= 4 is 0 Å². The highest BCUT2D eigenvalue weighted by molar-refractivity contribution is 5.08. The highest BCUT2D eigenvalue weighted by Crippen LogP contribution is 2.36. The van der Waals surface area contributed by atoms with Gasteiger partial charge in [0.05, 0.1) is 26.2 Å². The minimum atomic E-state index is 0.755. The molecule has 0 aromatic heterocycles. The van der Waals surface area contributed by atoms with Gasteiger partial charge in [0.25, 0.3) is 0 Å². The predicted molar refractivity (Wildman–Crippen MR) is 84.0 cm³/mol. The van der Waals surface area contributed by atoms with Gasteiger partial charge < -0.3 is 4.48 Å². The van der Waals surface area contributed by atoms with Crippen molar-refractivity contribution in [1.82, 2.24) is 0 Å². The first-order chi connectivity index (χ1) is 9.06. The molecule has 1 heterocycles. The summed E-state index contributed by atoms with van der Waals surface area (Å²) in [5.74, 6) is 2.47. The van der Waals surface area contributed by atoms with Gasteiger partial charge in [-0.3, -0.25) is 0 Å². The largest absolute Gasteiger partial charge is 0.320 e. The van der Waals surface area contributed by atoms with E-state index in [2.05, 4.69) is 39.5 Å². The molecule has 2 rings (SSSR count). The van der Waals surface area contributed by atoms with E-state index in [9.17, 15) is 0 Å². The topological polar surface area (TPSA) is 0 Å². The van der Waals surface area contributed by atoms with Gasteiger partial charge in [-0.25, -0.2) is 0 Å². The van der Waals surface area contributed by atoms with Crippen LogP contribution in [-0.4, -0.2) is 30.7 Å². The first-order valence-electron chi connectivity index (χ1n) is 8.19. The maximum Gasteiger partial charge on any atom is 0.0971 e. The molecule has 3 atom stereocenters. The maximum absolute atomic E-state index is 4.02. The minimum absolute atomic E-state index is 0.755. The van der Waals surface area contributed by atoms with Crippen LogP contribution in [0.15, 0.2) is 24.3 Å². The van der Waals surface area contributed by atoms with Gasteiger partial charge in [-0.2, -0.15) is 0 Å². The molecule has 1 fully saturated rings. The second-order valence-corrected chi connectivity index (χ2v) is 7.22. The molecule has 1 heteroatoms. The third-order valence-corrected chi connectivity index (χ3v) is 5.48. The Bertz CT molecular complexity index is 336. The fraction of sp³-hybridized carbons (Fsp3) is 0.778. The lowest BCUT2D eigenvalue weighted by Crippen LogP contribution is -2.55. The van der Waals surface area contributed by atoms with Gasteiger partial charge in [0, 0.05) is 5.92 Å². The van der Waals surface area contributed by atoms with Crippen LogP contribution in [0.1, 0.15) is 46.5 Å². The number of hydrogen-bond acceptors (Lipinski definition) is 0. The third kappa shape index (κ3) is 3.51. The number of piperidine rings is 1. The summed E-state index contributed by atoms with van der Waals surface area (Å²) in [4.78, 5) is 0. The van der Waals surface area contributed by atoms with Crippen LogP contribution in [0.5, 0.6) is 0 Å². The standard InChI is InChI=1S/C18H32N/c1-5-9-19(10-7-6-8-11-19)14-18-16(3)12-15(2)13-17(18)4/h5,12,16-18H,1,6-11,13-14H2,2-4H3/q+1/t16-,17-,18+/m0/s1. The van der Waals surface area contributed by atoms with Crippen molar-refractivity contribution in [3.05, 3.63) is 24.3 Å². The number of rotatable bonds is 4. The van der Waals surface area contributed by atoms with Crippen LogP contribution in [0.25, 0.3) is 0 Å². The molecule has 1 saturated heterocycles. The molecule has 1 aliphatic heterocycles. The van der Waals surface area contributed by atoms with E-state index in [0.29, 0.717) is 0 Å². The Morgan fingerprint density at radius 2 is 1.95 bits per heavy atom. The molecule has 0 saturated carbocycles. The molecule has 0 aromatic rings. The third-order valence-electron chi connectivity index (χ3n) is 5.48. The molecule has 1 nitrogen and oxygen atoms in total. The smallest absolute Gasteiger partial charge is 0.0971 e. The second-order valence-electron chi connectivity index (χ2n) is 7.22. The van der Waals surface area contributed by atoms with E-state index in [1.165, 1.54) is 56.3 Å². The SMILES string of the molecule is C=CC[N+]1(C[C@@H]2[C@@H](C)C=C(C)C[C@@H]2C)CCCCC1. The molecular weight excluding hydrogens is 230 g/mol. The van der Waals surface area contributed by atoms with Crippen molar-refractivity contribution in [3.63, 3.8) is 0 Å². The summed E-state index contributed by atoms with van der Waals surface area (Å²) in [6.45, 7) is 16.5. The molecule has 1 aliphatic carbocycles. The zero-order valence-electron chi connectivity index (χ0n) is 13.2. The highest BCUT2D eigenvalue weighted by Gasteiger charge is 2.37. The minimum Gasteiger partial charge on any atom is -0.320 e. The van der Waals surface area contributed by atoms with Gasteiger partial charge >= 0.3 is 0 Å². The predicted octanol–water partition coefficient (Wildman–Crippen LogP) is 4.41. The summed E-state index contributed by atoms with van der Waals surface area (Å²) in [6, 6.07) is 0. The summed E-state index contributed by atoms with van der Waals surface area (Å²) >= 11 is 0. The van der Waals surface area contributed by atoms with Gasteiger partial charge in [0.1, 0.15) is 0 Å². The quantitative estimate of drug-likeness (QED) is 0.520. The zero-order valence-corrected chi connectivity index (χ0v) is 13.2. The Hall–Kier alpha value is -0.560. The van der Waals surface area contributed by atoms with Crippen molar-refractivity contribution in [2.24, 2.45) is 17.8 Å². The molecular formula is C18H32N+. The van der Waals surface area contributed by atoms with Crippen molar-refractivity contribution < 1.29 is 4.48 Å². The van der Waals surface area contributed by atoms with Crippen molar-refractivity contribution in [2.75, 3.05) is 26.2 Å². The summed E-state index contributed by atoms with van der Waals surface area (Å²) in [7, 11) is 0. The second kappa shape index (κ2) is 6.26. The van der Waals surface area contributed by atoms with Crippen LogP contribution < -0.4 is 0 Å². The summed E-state index contributed by atoms with van der Waals surface area (Å²) in [5.41, 5.74) is 1.60. The highest BCUT2D eigenvalue weighted by atomic mass is 15.4.